The number of aromatic nitrogens is 1. The van der Waals surface area contributed by atoms with Crippen molar-refractivity contribution < 1.29 is 4.74 Å². The van der Waals surface area contributed by atoms with Crippen LogP contribution in [-0.2, 0) is 4.74 Å². The zero-order valence-electron chi connectivity index (χ0n) is 9.72. The van der Waals surface area contributed by atoms with E-state index in [0.717, 1.165) is 32.0 Å². The maximum absolute atomic E-state index is 5.66. The van der Waals surface area contributed by atoms with Crippen molar-refractivity contribution in [1.29, 1.82) is 0 Å². The molecule has 1 aromatic heterocycles. The summed E-state index contributed by atoms with van der Waals surface area (Å²) < 4.78 is 5.34. The molecule has 2 heterocycles. The summed E-state index contributed by atoms with van der Waals surface area (Å²) in [7, 11) is 0. The van der Waals surface area contributed by atoms with E-state index in [9.17, 15) is 0 Å². The molecule has 4 nitrogen and oxygen atoms in total. The second-order valence-electron chi connectivity index (χ2n) is 4.18. The molecule has 2 rings (SSSR count). The van der Waals surface area contributed by atoms with Gasteiger partial charge in [-0.25, -0.2) is 0 Å². The fourth-order valence-electron chi connectivity index (χ4n) is 1.85. The lowest BCUT2D eigenvalue weighted by Gasteiger charge is -2.29. The summed E-state index contributed by atoms with van der Waals surface area (Å²) in [6.07, 6.45) is 1.87. The van der Waals surface area contributed by atoms with E-state index in [2.05, 4.69) is 28.9 Å². The Bertz CT molecular complexity index is 337. The summed E-state index contributed by atoms with van der Waals surface area (Å²) in [5, 5.41) is 0. The summed E-state index contributed by atoms with van der Waals surface area (Å²) >= 11 is 0. The maximum Gasteiger partial charge on any atom is 0.0642 e. The number of nitrogens with two attached hydrogens (primary N) is 1. The zero-order chi connectivity index (χ0) is 11.4. The Hall–Kier alpha value is -1.13. The molecule has 4 heteroatoms. The second kappa shape index (κ2) is 5.27. The average molecular weight is 221 g/mol. The van der Waals surface area contributed by atoms with Gasteiger partial charge in [0, 0.05) is 43.1 Å². The van der Waals surface area contributed by atoms with Crippen molar-refractivity contribution in [2.24, 2.45) is 5.73 Å². The predicted molar refractivity (Wildman–Crippen MR) is 64.7 cm³/mol. The van der Waals surface area contributed by atoms with Crippen molar-refractivity contribution >= 4 is 5.69 Å². The molecule has 0 radical (unpaired) electrons. The van der Waals surface area contributed by atoms with E-state index < -0.39 is 0 Å². The van der Waals surface area contributed by atoms with Gasteiger partial charge in [-0.2, -0.15) is 0 Å². The van der Waals surface area contributed by atoms with E-state index in [1.165, 1.54) is 5.69 Å². The maximum atomic E-state index is 5.66. The number of anilines is 1. The third kappa shape index (κ3) is 2.51. The molecule has 1 aromatic rings. The minimum atomic E-state index is 0.320. The van der Waals surface area contributed by atoms with Crippen LogP contribution < -0.4 is 10.6 Å². The fourth-order valence-corrected chi connectivity index (χ4v) is 1.85. The summed E-state index contributed by atoms with van der Waals surface area (Å²) in [5.74, 6) is 0.320. The smallest absolute Gasteiger partial charge is 0.0642 e. The fraction of sp³-hybridized carbons (Fsp3) is 0.583. The number of hydrogen-bond donors (Lipinski definition) is 1. The van der Waals surface area contributed by atoms with Crippen molar-refractivity contribution in [3.05, 3.63) is 24.0 Å². The van der Waals surface area contributed by atoms with E-state index >= 15 is 0 Å². The lowest BCUT2D eigenvalue weighted by molar-refractivity contribution is 0.122. The van der Waals surface area contributed by atoms with Crippen LogP contribution >= 0.6 is 0 Å². The van der Waals surface area contributed by atoms with Gasteiger partial charge in [0.1, 0.15) is 0 Å². The van der Waals surface area contributed by atoms with Crippen molar-refractivity contribution in [3.63, 3.8) is 0 Å². The van der Waals surface area contributed by atoms with Crippen molar-refractivity contribution in [2.75, 3.05) is 37.7 Å². The van der Waals surface area contributed by atoms with Crippen LogP contribution in [0.3, 0.4) is 0 Å². The molecule has 0 amide bonds. The molecule has 1 fully saturated rings. The molecule has 1 unspecified atom stereocenters. The largest absolute Gasteiger partial charge is 0.378 e. The summed E-state index contributed by atoms with van der Waals surface area (Å²) in [5.41, 5.74) is 7.96. The molecular formula is C12H19N3O. The Morgan fingerprint density at radius 3 is 2.94 bits per heavy atom. The number of rotatable bonds is 3. The molecule has 0 bridgehead atoms. The van der Waals surface area contributed by atoms with Crippen LogP contribution in [0.25, 0.3) is 0 Å². The van der Waals surface area contributed by atoms with Gasteiger partial charge in [0.05, 0.1) is 13.2 Å². The normalized spacial score (nSPS) is 18.5. The van der Waals surface area contributed by atoms with Crippen LogP contribution in [0.4, 0.5) is 5.69 Å². The molecule has 0 saturated carbocycles. The van der Waals surface area contributed by atoms with Crippen LogP contribution in [0.1, 0.15) is 18.5 Å². The molecule has 1 saturated heterocycles. The SMILES string of the molecule is CC(CN)c1cc(N2CCOCC2)ccn1. The molecule has 0 spiro atoms. The first kappa shape index (κ1) is 11.4. The van der Waals surface area contributed by atoms with Gasteiger partial charge in [-0.05, 0) is 12.1 Å². The van der Waals surface area contributed by atoms with Crippen molar-refractivity contribution in [3.8, 4) is 0 Å². The van der Waals surface area contributed by atoms with Crippen LogP contribution in [0.5, 0.6) is 0 Å². The third-order valence-corrected chi connectivity index (χ3v) is 3.00. The van der Waals surface area contributed by atoms with E-state index in [1.807, 2.05) is 6.20 Å². The highest BCUT2D eigenvalue weighted by molar-refractivity contribution is 5.47. The van der Waals surface area contributed by atoms with Crippen LogP contribution in [0.15, 0.2) is 18.3 Å². The lowest BCUT2D eigenvalue weighted by atomic mass is 10.1. The second-order valence-corrected chi connectivity index (χ2v) is 4.18. The predicted octanol–water partition coefficient (Wildman–Crippen LogP) is 0.980. The van der Waals surface area contributed by atoms with Gasteiger partial charge in [0.15, 0.2) is 0 Å². The topological polar surface area (TPSA) is 51.4 Å². The van der Waals surface area contributed by atoms with E-state index in [0.29, 0.717) is 12.5 Å². The monoisotopic (exact) mass is 221 g/mol. The number of nitrogens with zero attached hydrogens (tertiary/aromatic N) is 2. The quantitative estimate of drug-likeness (QED) is 0.826. The first-order valence-corrected chi connectivity index (χ1v) is 5.80. The van der Waals surface area contributed by atoms with Crippen molar-refractivity contribution in [2.45, 2.75) is 12.8 Å². The van der Waals surface area contributed by atoms with Gasteiger partial charge in [-0.15, -0.1) is 0 Å². The van der Waals surface area contributed by atoms with Crippen LogP contribution in [0, 0.1) is 0 Å². The van der Waals surface area contributed by atoms with Gasteiger partial charge >= 0.3 is 0 Å². The van der Waals surface area contributed by atoms with Crippen LogP contribution in [0.2, 0.25) is 0 Å². The molecule has 1 atom stereocenters. The minimum absolute atomic E-state index is 0.320. The Balaban J connectivity index is 2.14. The minimum Gasteiger partial charge on any atom is -0.378 e. The van der Waals surface area contributed by atoms with Gasteiger partial charge in [-0.1, -0.05) is 6.92 Å². The Labute approximate surface area is 96.4 Å². The lowest BCUT2D eigenvalue weighted by Crippen LogP contribution is -2.36. The highest BCUT2D eigenvalue weighted by Gasteiger charge is 2.13. The molecule has 2 N–H and O–H groups in total. The molecule has 0 aromatic carbocycles. The molecule has 16 heavy (non-hydrogen) atoms. The number of hydrogen-bond acceptors (Lipinski definition) is 4. The number of ether oxygens (including phenoxy) is 1. The summed E-state index contributed by atoms with van der Waals surface area (Å²) in [6, 6.07) is 4.20. The van der Waals surface area contributed by atoms with Gasteiger partial charge in [-0.3, -0.25) is 4.98 Å². The molecular weight excluding hydrogens is 202 g/mol. The number of pyridine rings is 1. The third-order valence-electron chi connectivity index (χ3n) is 3.00. The van der Waals surface area contributed by atoms with E-state index in [4.69, 9.17) is 10.5 Å². The molecule has 1 aliphatic rings. The first-order chi connectivity index (χ1) is 7.81. The summed E-state index contributed by atoms with van der Waals surface area (Å²) in [4.78, 5) is 6.70. The first-order valence-electron chi connectivity index (χ1n) is 5.80. The Morgan fingerprint density at radius 2 is 2.25 bits per heavy atom. The zero-order valence-corrected chi connectivity index (χ0v) is 9.72. The highest BCUT2D eigenvalue weighted by atomic mass is 16.5. The van der Waals surface area contributed by atoms with Crippen molar-refractivity contribution in [1.82, 2.24) is 4.98 Å². The summed E-state index contributed by atoms with van der Waals surface area (Å²) in [6.45, 7) is 6.28. The molecule has 88 valence electrons. The number of morpholine rings is 1. The standard InChI is InChI=1S/C12H19N3O/c1-10(9-13)12-8-11(2-3-14-12)15-4-6-16-7-5-15/h2-3,8,10H,4-7,9,13H2,1H3. The van der Waals surface area contributed by atoms with Gasteiger partial charge < -0.3 is 15.4 Å². The van der Waals surface area contributed by atoms with E-state index in [-0.39, 0.29) is 0 Å². The molecule has 0 aliphatic carbocycles. The molecule has 1 aliphatic heterocycles. The van der Waals surface area contributed by atoms with Gasteiger partial charge in [0.25, 0.3) is 0 Å². The average Bonchev–Trinajstić information content (AvgIpc) is 2.39. The van der Waals surface area contributed by atoms with Gasteiger partial charge in [0.2, 0.25) is 0 Å². The Kier molecular flexibility index (Phi) is 3.74. The Morgan fingerprint density at radius 1 is 1.50 bits per heavy atom. The van der Waals surface area contributed by atoms with E-state index in [1.54, 1.807) is 0 Å². The van der Waals surface area contributed by atoms with Crippen LogP contribution in [-0.4, -0.2) is 37.8 Å². The highest BCUT2D eigenvalue weighted by Crippen LogP contribution is 2.19.